The normalized spacial score (nSPS) is 16.7. The van der Waals surface area contributed by atoms with Gasteiger partial charge in [0, 0.05) is 24.3 Å². The van der Waals surface area contributed by atoms with Gasteiger partial charge in [-0.15, -0.1) is 0 Å². The van der Waals surface area contributed by atoms with Gasteiger partial charge in [0.25, 0.3) is 5.91 Å². The van der Waals surface area contributed by atoms with Gasteiger partial charge >= 0.3 is 0 Å². The summed E-state index contributed by atoms with van der Waals surface area (Å²) in [5.74, 6) is 0.760. The minimum atomic E-state index is -0.522. The molecule has 138 valence electrons. The Morgan fingerprint density at radius 1 is 1.31 bits per heavy atom. The first-order chi connectivity index (χ1) is 12.4. The van der Waals surface area contributed by atoms with Gasteiger partial charge in [0.2, 0.25) is 5.91 Å². The van der Waals surface area contributed by atoms with Gasteiger partial charge in [0.05, 0.1) is 18.3 Å². The van der Waals surface area contributed by atoms with Crippen LogP contribution in [0.1, 0.15) is 43.5 Å². The van der Waals surface area contributed by atoms with Crippen LogP contribution in [-0.2, 0) is 4.79 Å². The lowest BCUT2D eigenvalue weighted by molar-refractivity contribution is -0.119. The van der Waals surface area contributed by atoms with E-state index in [-0.39, 0.29) is 18.1 Å². The fourth-order valence-corrected chi connectivity index (χ4v) is 3.15. The summed E-state index contributed by atoms with van der Waals surface area (Å²) < 4.78 is 11.7. The summed E-state index contributed by atoms with van der Waals surface area (Å²) in [6.45, 7) is 4.29. The van der Waals surface area contributed by atoms with E-state index in [1.807, 2.05) is 38.1 Å². The van der Waals surface area contributed by atoms with Crippen LogP contribution in [-0.4, -0.2) is 30.6 Å². The number of ether oxygens (including phenoxy) is 2. The quantitative estimate of drug-likeness (QED) is 0.798. The third-order valence-corrected chi connectivity index (χ3v) is 4.38. The van der Waals surface area contributed by atoms with Crippen molar-refractivity contribution < 1.29 is 19.1 Å². The molecule has 0 aliphatic carbocycles. The van der Waals surface area contributed by atoms with E-state index in [4.69, 9.17) is 15.2 Å². The van der Waals surface area contributed by atoms with E-state index in [2.05, 4.69) is 5.32 Å². The highest BCUT2D eigenvalue weighted by atomic mass is 16.5. The van der Waals surface area contributed by atoms with Crippen molar-refractivity contribution in [2.45, 2.75) is 45.3 Å². The SMILES string of the molecule is CC(C)Oc1cc2c(OCC[C@@H]3CCC(=O)N3)cccc2cc1C(N)=O. The monoisotopic (exact) mass is 356 g/mol. The number of benzene rings is 2. The van der Waals surface area contributed by atoms with Crippen LogP contribution in [0.15, 0.2) is 30.3 Å². The molecule has 1 heterocycles. The Balaban J connectivity index is 1.83. The number of rotatable bonds is 7. The average Bonchev–Trinajstić information content (AvgIpc) is 2.99. The minimum absolute atomic E-state index is 0.0791. The topological polar surface area (TPSA) is 90.7 Å². The first kappa shape index (κ1) is 18.0. The van der Waals surface area contributed by atoms with Crippen molar-refractivity contribution in [3.8, 4) is 11.5 Å². The van der Waals surface area contributed by atoms with Gasteiger partial charge in [-0.3, -0.25) is 9.59 Å². The van der Waals surface area contributed by atoms with Gasteiger partial charge < -0.3 is 20.5 Å². The molecule has 0 radical (unpaired) electrons. The van der Waals surface area contributed by atoms with Gasteiger partial charge in [-0.1, -0.05) is 12.1 Å². The third kappa shape index (κ3) is 4.07. The first-order valence-corrected chi connectivity index (χ1v) is 8.89. The molecule has 1 atom stereocenters. The van der Waals surface area contributed by atoms with Crippen molar-refractivity contribution in [2.24, 2.45) is 5.73 Å². The van der Waals surface area contributed by atoms with E-state index in [1.54, 1.807) is 6.07 Å². The van der Waals surface area contributed by atoms with Crippen LogP contribution in [0.25, 0.3) is 10.8 Å². The smallest absolute Gasteiger partial charge is 0.252 e. The summed E-state index contributed by atoms with van der Waals surface area (Å²) in [6.07, 6.45) is 2.12. The second kappa shape index (κ2) is 7.64. The van der Waals surface area contributed by atoms with Crippen molar-refractivity contribution in [3.63, 3.8) is 0 Å². The summed E-state index contributed by atoms with van der Waals surface area (Å²) in [7, 11) is 0. The number of hydrogen-bond donors (Lipinski definition) is 2. The number of nitrogens with one attached hydrogen (secondary N) is 1. The molecule has 2 aromatic rings. The molecule has 0 saturated carbocycles. The van der Waals surface area contributed by atoms with Crippen LogP contribution >= 0.6 is 0 Å². The molecule has 3 N–H and O–H groups in total. The molecule has 6 heteroatoms. The maximum absolute atomic E-state index is 11.8. The lowest BCUT2D eigenvalue weighted by Crippen LogP contribution is -2.26. The van der Waals surface area contributed by atoms with E-state index >= 15 is 0 Å². The number of hydrogen-bond acceptors (Lipinski definition) is 4. The highest BCUT2D eigenvalue weighted by Crippen LogP contribution is 2.33. The van der Waals surface area contributed by atoms with E-state index in [9.17, 15) is 9.59 Å². The Morgan fingerprint density at radius 2 is 2.12 bits per heavy atom. The van der Waals surface area contributed by atoms with Crippen molar-refractivity contribution in [1.82, 2.24) is 5.32 Å². The lowest BCUT2D eigenvalue weighted by atomic mass is 10.0. The Hall–Kier alpha value is -2.76. The highest BCUT2D eigenvalue weighted by molar-refractivity contribution is 6.02. The standard InChI is InChI=1S/C20H24N2O4/c1-12(2)26-18-11-15-13(10-16(18)20(21)24)4-3-5-17(15)25-9-8-14-6-7-19(23)22-14/h3-5,10-12,14H,6-9H2,1-2H3,(H2,21,24)(H,22,23)/t14-/m0/s1. The van der Waals surface area contributed by atoms with Crippen LogP contribution in [0, 0.1) is 0 Å². The van der Waals surface area contributed by atoms with Gasteiger partial charge in [-0.25, -0.2) is 0 Å². The average molecular weight is 356 g/mol. The fraction of sp³-hybridized carbons (Fsp3) is 0.400. The largest absolute Gasteiger partial charge is 0.493 e. The van der Waals surface area contributed by atoms with E-state index in [1.165, 1.54) is 0 Å². The highest BCUT2D eigenvalue weighted by Gasteiger charge is 2.20. The van der Waals surface area contributed by atoms with E-state index in [0.717, 1.165) is 29.4 Å². The minimum Gasteiger partial charge on any atom is -0.493 e. The first-order valence-electron chi connectivity index (χ1n) is 8.89. The third-order valence-electron chi connectivity index (χ3n) is 4.38. The van der Waals surface area contributed by atoms with Crippen LogP contribution in [0.3, 0.4) is 0 Å². The molecule has 1 fully saturated rings. The number of nitrogens with two attached hydrogens (primary N) is 1. The zero-order chi connectivity index (χ0) is 18.7. The van der Waals surface area contributed by atoms with Crippen molar-refractivity contribution in [3.05, 3.63) is 35.9 Å². The van der Waals surface area contributed by atoms with Crippen LogP contribution in [0.4, 0.5) is 0 Å². The van der Waals surface area contributed by atoms with Crippen molar-refractivity contribution in [1.29, 1.82) is 0 Å². The molecule has 0 aromatic heterocycles. The van der Waals surface area contributed by atoms with Crippen molar-refractivity contribution in [2.75, 3.05) is 6.61 Å². The molecule has 0 bridgehead atoms. The van der Waals surface area contributed by atoms with E-state index in [0.29, 0.717) is 24.3 Å². The van der Waals surface area contributed by atoms with Crippen molar-refractivity contribution >= 4 is 22.6 Å². The van der Waals surface area contributed by atoms with Gasteiger partial charge in [-0.05, 0) is 43.9 Å². The fourth-order valence-electron chi connectivity index (χ4n) is 3.15. The van der Waals surface area contributed by atoms with Crippen LogP contribution in [0.5, 0.6) is 11.5 Å². The summed E-state index contributed by atoms with van der Waals surface area (Å²) in [4.78, 5) is 23.0. The lowest BCUT2D eigenvalue weighted by Gasteiger charge is -2.16. The second-order valence-electron chi connectivity index (χ2n) is 6.80. The number of fused-ring (bicyclic) bond motifs is 1. The molecular weight excluding hydrogens is 332 g/mol. The zero-order valence-electron chi connectivity index (χ0n) is 15.1. The predicted octanol–water partition coefficient (Wildman–Crippen LogP) is 2.77. The maximum atomic E-state index is 11.8. The molecule has 6 nitrogen and oxygen atoms in total. The zero-order valence-corrected chi connectivity index (χ0v) is 15.1. The molecular formula is C20H24N2O4. The molecule has 0 spiro atoms. The Bertz CT molecular complexity index is 832. The molecule has 1 saturated heterocycles. The van der Waals surface area contributed by atoms with Gasteiger partial charge in [0.1, 0.15) is 11.5 Å². The Morgan fingerprint density at radius 3 is 2.77 bits per heavy atom. The summed E-state index contributed by atoms with van der Waals surface area (Å²) in [5.41, 5.74) is 5.85. The molecule has 2 amide bonds. The van der Waals surface area contributed by atoms with Crippen LogP contribution < -0.4 is 20.5 Å². The predicted molar refractivity (Wildman–Crippen MR) is 99.5 cm³/mol. The van der Waals surface area contributed by atoms with Crippen LogP contribution in [0.2, 0.25) is 0 Å². The second-order valence-corrected chi connectivity index (χ2v) is 6.80. The Labute approximate surface area is 152 Å². The summed E-state index contributed by atoms with van der Waals surface area (Å²) in [6, 6.07) is 9.40. The Kier molecular flexibility index (Phi) is 5.30. The molecule has 1 aliphatic heterocycles. The molecule has 26 heavy (non-hydrogen) atoms. The number of carbonyl (C=O) groups is 2. The van der Waals surface area contributed by atoms with E-state index < -0.39 is 5.91 Å². The van der Waals surface area contributed by atoms with Gasteiger partial charge in [-0.2, -0.15) is 0 Å². The van der Waals surface area contributed by atoms with Gasteiger partial charge in [0.15, 0.2) is 0 Å². The number of primary amides is 1. The summed E-state index contributed by atoms with van der Waals surface area (Å²) in [5, 5.41) is 4.66. The molecule has 1 aliphatic rings. The maximum Gasteiger partial charge on any atom is 0.252 e. The number of carbonyl (C=O) groups excluding carboxylic acids is 2. The molecule has 3 rings (SSSR count). The molecule has 2 aromatic carbocycles. The number of amides is 2. The molecule has 0 unspecified atom stereocenters. The summed E-state index contributed by atoms with van der Waals surface area (Å²) >= 11 is 0.